The number of carbonyl (C=O) groups is 2. The van der Waals surface area contributed by atoms with E-state index < -0.39 is 23.7 Å². The van der Waals surface area contributed by atoms with E-state index in [2.05, 4.69) is 4.74 Å². The Kier molecular flexibility index (Phi) is 3.65. The Morgan fingerprint density at radius 1 is 1.47 bits per heavy atom. The fraction of sp³-hybridized carbons (Fsp3) is 0.636. The van der Waals surface area contributed by atoms with Gasteiger partial charge in [0.2, 0.25) is 0 Å². The topological polar surface area (TPSA) is 76.1 Å². The first-order chi connectivity index (χ1) is 7.74. The standard InChI is InChI=1S/C11H17NO5/c1-11(2,3)17-10(15)12-6-7(13)5-8(12)9(14)16-4/h5,8,13H,6H2,1-4H3/t8-/m1/s1. The minimum absolute atomic E-state index is 0.0469. The van der Waals surface area contributed by atoms with Gasteiger partial charge in [0.25, 0.3) is 0 Å². The maximum atomic E-state index is 11.8. The fourth-order valence-corrected chi connectivity index (χ4v) is 1.41. The first kappa shape index (κ1) is 13.3. The third kappa shape index (κ3) is 3.37. The van der Waals surface area contributed by atoms with Crippen molar-refractivity contribution >= 4 is 12.1 Å². The Bertz CT molecular complexity index is 355. The van der Waals surface area contributed by atoms with Crippen molar-refractivity contribution in [2.45, 2.75) is 32.4 Å². The van der Waals surface area contributed by atoms with Crippen molar-refractivity contribution in [3.05, 3.63) is 11.8 Å². The molecule has 17 heavy (non-hydrogen) atoms. The summed E-state index contributed by atoms with van der Waals surface area (Å²) in [6.07, 6.45) is 0.614. The van der Waals surface area contributed by atoms with Crippen LogP contribution in [0.1, 0.15) is 20.8 Å². The van der Waals surface area contributed by atoms with E-state index in [0.29, 0.717) is 0 Å². The summed E-state index contributed by atoms with van der Waals surface area (Å²) in [7, 11) is 1.22. The molecule has 0 fully saturated rings. The lowest BCUT2D eigenvalue weighted by Crippen LogP contribution is -2.44. The number of rotatable bonds is 1. The predicted octanol–water partition coefficient (Wildman–Crippen LogP) is 1.22. The molecule has 1 N–H and O–H groups in total. The Morgan fingerprint density at radius 2 is 2.06 bits per heavy atom. The minimum Gasteiger partial charge on any atom is -0.511 e. The second kappa shape index (κ2) is 4.65. The van der Waals surface area contributed by atoms with Crippen LogP contribution in [-0.4, -0.2) is 47.4 Å². The highest BCUT2D eigenvalue weighted by atomic mass is 16.6. The molecule has 6 heteroatoms. The Hall–Kier alpha value is -1.72. The van der Waals surface area contributed by atoms with Gasteiger partial charge in [-0.25, -0.2) is 9.59 Å². The van der Waals surface area contributed by atoms with Crippen LogP contribution in [0.2, 0.25) is 0 Å². The van der Waals surface area contributed by atoms with Gasteiger partial charge in [-0.3, -0.25) is 4.90 Å². The molecule has 1 atom stereocenters. The zero-order valence-electron chi connectivity index (χ0n) is 10.4. The highest BCUT2D eigenvalue weighted by molar-refractivity contribution is 5.84. The van der Waals surface area contributed by atoms with Crippen molar-refractivity contribution in [2.24, 2.45) is 0 Å². The summed E-state index contributed by atoms with van der Waals surface area (Å²) in [5.74, 6) is -0.661. The molecule has 0 aromatic rings. The van der Waals surface area contributed by atoms with E-state index >= 15 is 0 Å². The summed E-state index contributed by atoms with van der Waals surface area (Å²) in [6.45, 7) is 5.12. The zero-order chi connectivity index (χ0) is 13.2. The van der Waals surface area contributed by atoms with Gasteiger partial charge in [0.05, 0.1) is 13.7 Å². The lowest BCUT2D eigenvalue weighted by molar-refractivity contribution is -0.144. The average molecular weight is 243 g/mol. The minimum atomic E-state index is -0.921. The highest BCUT2D eigenvalue weighted by Crippen LogP contribution is 2.19. The van der Waals surface area contributed by atoms with Gasteiger partial charge >= 0.3 is 12.1 Å². The van der Waals surface area contributed by atoms with Crippen molar-refractivity contribution in [3.63, 3.8) is 0 Å². The highest BCUT2D eigenvalue weighted by Gasteiger charge is 2.37. The van der Waals surface area contributed by atoms with Crippen LogP contribution in [0.4, 0.5) is 4.79 Å². The second-order valence-corrected chi connectivity index (χ2v) is 4.73. The van der Waals surface area contributed by atoms with E-state index in [0.717, 1.165) is 4.90 Å². The Labute approximate surface area is 99.8 Å². The van der Waals surface area contributed by atoms with Crippen LogP contribution in [0.15, 0.2) is 11.8 Å². The third-order valence-electron chi connectivity index (χ3n) is 2.09. The van der Waals surface area contributed by atoms with Gasteiger partial charge in [-0.05, 0) is 26.8 Å². The molecule has 0 aromatic carbocycles. The molecule has 1 heterocycles. The van der Waals surface area contributed by atoms with Crippen LogP contribution >= 0.6 is 0 Å². The van der Waals surface area contributed by atoms with E-state index in [1.54, 1.807) is 20.8 Å². The number of carbonyl (C=O) groups excluding carboxylic acids is 2. The summed E-state index contributed by atoms with van der Waals surface area (Å²) in [5.41, 5.74) is -0.657. The van der Waals surface area contributed by atoms with Crippen molar-refractivity contribution < 1.29 is 24.2 Å². The average Bonchev–Trinajstić information content (AvgIpc) is 2.56. The first-order valence-corrected chi connectivity index (χ1v) is 5.21. The van der Waals surface area contributed by atoms with Crippen LogP contribution in [0.3, 0.4) is 0 Å². The molecule has 0 spiro atoms. The lowest BCUT2D eigenvalue weighted by Gasteiger charge is -2.27. The molecule has 96 valence electrons. The summed E-state index contributed by atoms with van der Waals surface area (Å²) in [5, 5.41) is 9.37. The molecular weight excluding hydrogens is 226 g/mol. The lowest BCUT2D eigenvalue weighted by atomic mass is 10.2. The summed E-state index contributed by atoms with van der Waals surface area (Å²) < 4.78 is 9.68. The van der Waals surface area contributed by atoms with Crippen molar-refractivity contribution in [3.8, 4) is 0 Å². The molecule has 1 aliphatic heterocycles. The van der Waals surface area contributed by atoms with Crippen LogP contribution in [0.5, 0.6) is 0 Å². The summed E-state index contributed by atoms with van der Waals surface area (Å²) in [6, 6.07) is -0.921. The van der Waals surface area contributed by atoms with Gasteiger partial charge < -0.3 is 14.6 Å². The molecule has 0 radical (unpaired) electrons. The van der Waals surface area contributed by atoms with Gasteiger partial charge in [0.15, 0.2) is 6.04 Å². The van der Waals surface area contributed by atoms with Crippen molar-refractivity contribution in [1.82, 2.24) is 4.90 Å². The number of aliphatic hydroxyl groups excluding tert-OH is 1. The Balaban J connectivity index is 2.77. The fourth-order valence-electron chi connectivity index (χ4n) is 1.41. The van der Waals surface area contributed by atoms with Crippen LogP contribution in [-0.2, 0) is 14.3 Å². The Morgan fingerprint density at radius 3 is 2.53 bits per heavy atom. The first-order valence-electron chi connectivity index (χ1n) is 5.21. The van der Waals surface area contributed by atoms with Crippen LogP contribution < -0.4 is 0 Å². The molecule has 1 aliphatic rings. The molecule has 0 aliphatic carbocycles. The molecule has 0 saturated heterocycles. The molecular formula is C11H17NO5. The van der Waals surface area contributed by atoms with E-state index in [-0.39, 0.29) is 12.3 Å². The van der Waals surface area contributed by atoms with E-state index in [1.807, 2.05) is 0 Å². The number of methoxy groups -OCH3 is 1. The largest absolute Gasteiger partial charge is 0.511 e. The number of nitrogens with zero attached hydrogens (tertiary/aromatic N) is 1. The number of hydrogen-bond donors (Lipinski definition) is 1. The molecule has 0 aromatic heterocycles. The maximum Gasteiger partial charge on any atom is 0.411 e. The molecule has 0 saturated carbocycles. The molecule has 6 nitrogen and oxygen atoms in total. The van der Waals surface area contributed by atoms with Gasteiger partial charge in [-0.2, -0.15) is 0 Å². The van der Waals surface area contributed by atoms with Crippen molar-refractivity contribution in [2.75, 3.05) is 13.7 Å². The number of amides is 1. The SMILES string of the molecule is COC(=O)[C@H]1C=C(O)CN1C(=O)OC(C)(C)C. The smallest absolute Gasteiger partial charge is 0.411 e. The second-order valence-electron chi connectivity index (χ2n) is 4.73. The number of ether oxygens (including phenoxy) is 2. The molecule has 0 unspecified atom stereocenters. The third-order valence-corrected chi connectivity index (χ3v) is 2.09. The van der Waals surface area contributed by atoms with Gasteiger partial charge in [0.1, 0.15) is 11.4 Å². The van der Waals surface area contributed by atoms with Gasteiger partial charge in [0, 0.05) is 0 Å². The number of aliphatic hydroxyl groups is 1. The molecule has 1 amide bonds. The maximum absolute atomic E-state index is 11.8. The van der Waals surface area contributed by atoms with Gasteiger partial charge in [-0.1, -0.05) is 0 Å². The van der Waals surface area contributed by atoms with Crippen LogP contribution in [0, 0.1) is 0 Å². The molecule has 1 rings (SSSR count). The van der Waals surface area contributed by atoms with E-state index in [4.69, 9.17) is 4.74 Å². The predicted molar refractivity (Wildman–Crippen MR) is 59.5 cm³/mol. The zero-order valence-corrected chi connectivity index (χ0v) is 10.4. The monoisotopic (exact) mass is 243 g/mol. The number of esters is 1. The van der Waals surface area contributed by atoms with Gasteiger partial charge in [-0.15, -0.1) is 0 Å². The normalized spacial score (nSPS) is 19.9. The summed E-state index contributed by atoms with van der Waals surface area (Å²) in [4.78, 5) is 24.3. The summed E-state index contributed by atoms with van der Waals surface area (Å²) >= 11 is 0. The number of hydrogen-bond acceptors (Lipinski definition) is 5. The van der Waals surface area contributed by atoms with Crippen LogP contribution in [0.25, 0.3) is 0 Å². The molecule has 0 bridgehead atoms. The quantitative estimate of drug-likeness (QED) is 0.701. The van der Waals surface area contributed by atoms with E-state index in [1.165, 1.54) is 13.2 Å². The van der Waals surface area contributed by atoms with Crippen molar-refractivity contribution in [1.29, 1.82) is 0 Å². The van der Waals surface area contributed by atoms with E-state index in [9.17, 15) is 14.7 Å².